The zero-order valence-electron chi connectivity index (χ0n) is 17.1. The number of nitrogens with one attached hydrogen (secondary N) is 3. The molecule has 0 aliphatic heterocycles. The molecule has 1 rings (SSSR count). The highest BCUT2D eigenvalue weighted by Crippen LogP contribution is 2.28. The lowest BCUT2D eigenvalue weighted by atomic mass is 10.1. The van der Waals surface area contributed by atoms with Gasteiger partial charge < -0.3 is 25.4 Å². The second-order valence-corrected chi connectivity index (χ2v) is 8.24. The van der Waals surface area contributed by atoms with Gasteiger partial charge in [-0.25, -0.2) is 4.79 Å². The summed E-state index contributed by atoms with van der Waals surface area (Å²) in [7, 11) is 1.73. The summed E-state index contributed by atoms with van der Waals surface area (Å²) >= 11 is 0. The standard InChI is InChI=1S/C18H36N4O3.HI/c1-17(2,3)25-16(23)22-18(4,5)13-21-15(19-6)20-10-7-11-24-12-14-8-9-14;/h14H,7-13H2,1-6H3,(H,22,23)(H2,19,20,21);1H. The van der Waals surface area contributed by atoms with Gasteiger partial charge in [0.15, 0.2) is 5.96 Å². The van der Waals surface area contributed by atoms with Gasteiger partial charge in [-0.15, -0.1) is 24.0 Å². The van der Waals surface area contributed by atoms with Gasteiger partial charge in [0.05, 0.1) is 5.54 Å². The minimum absolute atomic E-state index is 0. The van der Waals surface area contributed by atoms with E-state index in [-0.39, 0.29) is 24.0 Å². The van der Waals surface area contributed by atoms with Crippen molar-refractivity contribution in [3.63, 3.8) is 0 Å². The second kappa shape index (κ2) is 11.8. The topological polar surface area (TPSA) is 84.0 Å². The van der Waals surface area contributed by atoms with Crippen molar-refractivity contribution in [2.24, 2.45) is 10.9 Å². The van der Waals surface area contributed by atoms with Crippen LogP contribution in [0, 0.1) is 5.92 Å². The van der Waals surface area contributed by atoms with E-state index in [0.717, 1.165) is 32.1 Å². The van der Waals surface area contributed by atoms with Crippen LogP contribution in [-0.4, -0.2) is 56.5 Å². The van der Waals surface area contributed by atoms with E-state index in [2.05, 4.69) is 20.9 Å². The molecule has 154 valence electrons. The third-order valence-electron chi connectivity index (χ3n) is 3.57. The van der Waals surface area contributed by atoms with Crippen LogP contribution in [0.2, 0.25) is 0 Å². The van der Waals surface area contributed by atoms with Gasteiger partial charge in [-0.3, -0.25) is 4.99 Å². The Kier molecular flexibility index (Phi) is 11.5. The first-order valence-corrected chi connectivity index (χ1v) is 9.15. The van der Waals surface area contributed by atoms with E-state index in [1.165, 1.54) is 12.8 Å². The predicted molar refractivity (Wildman–Crippen MR) is 116 cm³/mol. The summed E-state index contributed by atoms with van der Waals surface area (Å²) in [6.45, 7) is 12.4. The number of halogens is 1. The predicted octanol–water partition coefficient (Wildman–Crippen LogP) is 2.89. The quantitative estimate of drug-likeness (QED) is 0.203. The van der Waals surface area contributed by atoms with Crippen molar-refractivity contribution >= 4 is 36.0 Å². The first kappa shape index (κ1) is 25.2. The highest BCUT2D eigenvalue weighted by Gasteiger charge is 2.24. The summed E-state index contributed by atoms with van der Waals surface area (Å²) in [4.78, 5) is 16.1. The molecule has 0 aromatic heterocycles. The van der Waals surface area contributed by atoms with E-state index < -0.39 is 17.2 Å². The number of alkyl carbamates (subject to hydrolysis) is 1. The smallest absolute Gasteiger partial charge is 0.408 e. The normalized spacial score (nSPS) is 15.1. The molecule has 0 unspecified atom stereocenters. The first-order chi connectivity index (χ1) is 11.6. The summed E-state index contributed by atoms with van der Waals surface area (Å²) < 4.78 is 10.9. The zero-order valence-corrected chi connectivity index (χ0v) is 19.4. The van der Waals surface area contributed by atoms with Crippen LogP contribution < -0.4 is 16.0 Å². The summed E-state index contributed by atoms with van der Waals surface area (Å²) in [6.07, 6.45) is 3.16. The van der Waals surface area contributed by atoms with Crippen molar-refractivity contribution in [1.82, 2.24) is 16.0 Å². The average molecular weight is 484 g/mol. The Balaban J connectivity index is 0.00000625. The van der Waals surface area contributed by atoms with Crippen molar-refractivity contribution in [3.05, 3.63) is 0 Å². The van der Waals surface area contributed by atoms with Crippen LogP contribution in [0.15, 0.2) is 4.99 Å². The Morgan fingerprint density at radius 1 is 1.15 bits per heavy atom. The third-order valence-corrected chi connectivity index (χ3v) is 3.57. The van der Waals surface area contributed by atoms with Crippen molar-refractivity contribution < 1.29 is 14.3 Å². The van der Waals surface area contributed by atoms with E-state index in [1.54, 1.807) is 7.05 Å². The van der Waals surface area contributed by atoms with Crippen molar-refractivity contribution in [1.29, 1.82) is 0 Å². The van der Waals surface area contributed by atoms with Crippen molar-refractivity contribution in [2.45, 2.75) is 65.0 Å². The van der Waals surface area contributed by atoms with E-state index in [0.29, 0.717) is 12.5 Å². The number of carbonyl (C=O) groups excluding carboxylic acids is 1. The Labute approximate surface area is 175 Å². The maximum Gasteiger partial charge on any atom is 0.408 e. The van der Waals surface area contributed by atoms with Gasteiger partial charge in [-0.2, -0.15) is 0 Å². The van der Waals surface area contributed by atoms with Crippen LogP contribution in [0.1, 0.15) is 53.9 Å². The van der Waals surface area contributed by atoms with E-state index in [1.807, 2.05) is 34.6 Å². The van der Waals surface area contributed by atoms with Gasteiger partial charge in [0, 0.05) is 33.4 Å². The molecule has 0 aromatic rings. The number of hydrogen-bond acceptors (Lipinski definition) is 4. The molecule has 0 bridgehead atoms. The van der Waals surface area contributed by atoms with Gasteiger partial charge in [0.2, 0.25) is 0 Å². The number of carbonyl (C=O) groups is 1. The molecule has 0 aromatic carbocycles. The Bertz CT molecular complexity index is 446. The van der Waals surface area contributed by atoms with Crippen LogP contribution in [0.4, 0.5) is 4.79 Å². The Hall–Kier alpha value is -0.770. The number of rotatable bonds is 9. The van der Waals surface area contributed by atoms with Crippen LogP contribution >= 0.6 is 24.0 Å². The van der Waals surface area contributed by atoms with E-state index in [9.17, 15) is 4.79 Å². The number of nitrogens with zero attached hydrogens (tertiary/aromatic N) is 1. The van der Waals surface area contributed by atoms with Crippen molar-refractivity contribution in [2.75, 3.05) is 33.4 Å². The van der Waals surface area contributed by atoms with Gasteiger partial charge in [0.1, 0.15) is 5.60 Å². The lowest BCUT2D eigenvalue weighted by Crippen LogP contribution is -2.54. The number of aliphatic imine (C=N–C) groups is 1. The molecule has 1 aliphatic carbocycles. The second-order valence-electron chi connectivity index (χ2n) is 8.24. The molecular weight excluding hydrogens is 447 g/mol. The summed E-state index contributed by atoms with van der Waals surface area (Å²) in [5.41, 5.74) is -0.972. The first-order valence-electron chi connectivity index (χ1n) is 9.15. The summed E-state index contributed by atoms with van der Waals surface area (Å²) in [5.74, 6) is 1.52. The molecule has 8 heteroatoms. The fourth-order valence-electron chi connectivity index (χ4n) is 2.06. The van der Waals surface area contributed by atoms with Gasteiger partial charge >= 0.3 is 6.09 Å². The molecule has 0 radical (unpaired) electrons. The lowest BCUT2D eigenvalue weighted by molar-refractivity contribution is 0.0474. The largest absolute Gasteiger partial charge is 0.444 e. The van der Waals surface area contributed by atoms with Crippen LogP contribution in [0.3, 0.4) is 0 Å². The van der Waals surface area contributed by atoms with Crippen LogP contribution in [0.5, 0.6) is 0 Å². The minimum atomic E-state index is -0.507. The SMILES string of the molecule is CN=C(NCCCOCC1CC1)NCC(C)(C)NC(=O)OC(C)(C)C.I. The molecule has 3 N–H and O–H groups in total. The molecule has 1 aliphatic rings. The Morgan fingerprint density at radius 2 is 1.81 bits per heavy atom. The van der Waals surface area contributed by atoms with E-state index >= 15 is 0 Å². The fourth-order valence-corrected chi connectivity index (χ4v) is 2.06. The molecule has 0 saturated heterocycles. The molecule has 1 fully saturated rings. The molecular formula is C18H37IN4O3. The van der Waals surface area contributed by atoms with E-state index in [4.69, 9.17) is 9.47 Å². The monoisotopic (exact) mass is 484 g/mol. The molecule has 1 amide bonds. The van der Waals surface area contributed by atoms with Gasteiger partial charge in [0.25, 0.3) is 0 Å². The molecule has 26 heavy (non-hydrogen) atoms. The lowest BCUT2D eigenvalue weighted by Gasteiger charge is -2.29. The van der Waals surface area contributed by atoms with Gasteiger partial charge in [-0.1, -0.05) is 0 Å². The minimum Gasteiger partial charge on any atom is -0.444 e. The van der Waals surface area contributed by atoms with Gasteiger partial charge in [-0.05, 0) is 59.8 Å². The third kappa shape index (κ3) is 13.4. The highest BCUT2D eigenvalue weighted by molar-refractivity contribution is 14.0. The maximum absolute atomic E-state index is 11.9. The summed E-state index contributed by atoms with van der Waals surface area (Å²) in [6, 6.07) is 0. The number of amides is 1. The number of ether oxygens (including phenoxy) is 2. The maximum atomic E-state index is 11.9. The number of guanidine groups is 1. The molecule has 0 heterocycles. The zero-order chi connectivity index (χ0) is 18.9. The number of hydrogen-bond donors (Lipinski definition) is 3. The fraction of sp³-hybridized carbons (Fsp3) is 0.889. The van der Waals surface area contributed by atoms with Crippen LogP contribution in [-0.2, 0) is 9.47 Å². The van der Waals surface area contributed by atoms with Crippen molar-refractivity contribution in [3.8, 4) is 0 Å². The average Bonchev–Trinajstić information content (AvgIpc) is 3.27. The Morgan fingerprint density at radius 3 is 2.35 bits per heavy atom. The summed E-state index contributed by atoms with van der Waals surface area (Å²) in [5, 5.41) is 9.34. The molecule has 0 atom stereocenters. The van der Waals surface area contributed by atoms with Crippen LogP contribution in [0.25, 0.3) is 0 Å². The molecule has 0 spiro atoms. The molecule has 7 nitrogen and oxygen atoms in total. The highest BCUT2D eigenvalue weighted by atomic mass is 127. The molecule has 1 saturated carbocycles.